The van der Waals surface area contributed by atoms with Gasteiger partial charge in [-0.3, -0.25) is 4.79 Å². The Morgan fingerprint density at radius 2 is 1.80 bits per heavy atom. The van der Waals surface area contributed by atoms with Gasteiger partial charge in [-0.25, -0.2) is 13.1 Å². The topological polar surface area (TPSA) is 101 Å². The van der Waals surface area contributed by atoms with Gasteiger partial charge >= 0.3 is 0 Å². The summed E-state index contributed by atoms with van der Waals surface area (Å²) in [7, 11) is -3.43. The Kier molecular flexibility index (Phi) is 5.13. The first-order valence-electron chi connectivity index (χ1n) is 6.22. The predicted octanol–water partition coefficient (Wildman–Crippen LogP) is 0.255. The van der Waals surface area contributed by atoms with Crippen LogP contribution in [0.5, 0.6) is 0 Å². The van der Waals surface area contributed by atoms with E-state index >= 15 is 0 Å². The highest BCUT2D eigenvalue weighted by Gasteiger charge is 2.30. The lowest BCUT2D eigenvalue weighted by Gasteiger charge is -2.23. The molecular formula is C13H21N3O3S. The van der Waals surface area contributed by atoms with Crippen molar-refractivity contribution >= 4 is 21.6 Å². The Hall–Kier alpha value is -1.60. The van der Waals surface area contributed by atoms with E-state index in [1.54, 1.807) is 12.1 Å². The number of rotatable bonds is 6. The number of nitrogens with one attached hydrogen (secondary N) is 2. The molecule has 7 heteroatoms. The van der Waals surface area contributed by atoms with Crippen LogP contribution in [0.1, 0.15) is 19.4 Å². The fraction of sp³-hybridized carbons (Fsp3) is 0.462. The van der Waals surface area contributed by atoms with E-state index in [0.717, 1.165) is 11.8 Å². The Morgan fingerprint density at radius 1 is 1.25 bits per heavy atom. The van der Waals surface area contributed by atoms with E-state index in [4.69, 9.17) is 5.73 Å². The number of hydrogen-bond donors (Lipinski definition) is 3. The fourth-order valence-corrected chi connectivity index (χ4v) is 2.76. The van der Waals surface area contributed by atoms with Crippen molar-refractivity contribution in [2.24, 2.45) is 0 Å². The molecule has 0 spiro atoms. The van der Waals surface area contributed by atoms with Crippen molar-refractivity contribution in [1.29, 1.82) is 0 Å². The Balaban J connectivity index is 2.49. The van der Waals surface area contributed by atoms with Gasteiger partial charge in [0.1, 0.15) is 5.54 Å². The van der Waals surface area contributed by atoms with Crippen molar-refractivity contribution < 1.29 is 13.2 Å². The molecule has 0 saturated carbocycles. The van der Waals surface area contributed by atoms with Crippen LogP contribution in [-0.2, 0) is 21.2 Å². The van der Waals surface area contributed by atoms with Crippen LogP contribution in [0.4, 0.5) is 5.69 Å². The van der Waals surface area contributed by atoms with Crippen LogP contribution < -0.4 is 15.8 Å². The second-order valence-corrected chi connectivity index (χ2v) is 7.00. The number of sulfonamides is 1. The first-order chi connectivity index (χ1) is 9.10. The van der Waals surface area contributed by atoms with E-state index in [0.29, 0.717) is 18.7 Å². The Morgan fingerprint density at radius 3 is 2.30 bits per heavy atom. The van der Waals surface area contributed by atoms with Gasteiger partial charge in [0.25, 0.3) is 0 Å². The molecule has 112 valence electrons. The highest BCUT2D eigenvalue weighted by Crippen LogP contribution is 2.07. The number of anilines is 1. The van der Waals surface area contributed by atoms with Crippen molar-refractivity contribution in [3.63, 3.8) is 0 Å². The zero-order chi connectivity index (χ0) is 15.4. The van der Waals surface area contributed by atoms with Gasteiger partial charge < -0.3 is 11.1 Å². The van der Waals surface area contributed by atoms with Crippen molar-refractivity contribution in [2.45, 2.75) is 25.8 Å². The fourth-order valence-electron chi connectivity index (χ4n) is 1.74. The maximum Gasteiger partial charge on any atom is 0.240 e. The third-order valence-corrected chi connectivity index (χ3v) is 3.57. The van der Waals surface area contributed by atoms with E-state index in [1.165, 1.54) is 13.8 Å². The molecule has 0 aliphatic heterocycles. The van der Waals surface area contributed by atoms with E-state index in [2.05, 4.69) is 10.0 Å². The summed E-state index contributed by atoms with van der Waals surface area (Å²) in [6, 6.07) is 7.38. The van der Waals surface area contributed by atoms with Crippen LogP contribution in [0, 0.1) is 0 Å². The van der Waals surface area contributed by atoms with Gasteiger partial charge in [-0.15, -0.1) is 0 Å². The van der Waals surface area contributed by atoms with Crippen LogP contribution in [-0.4, -0.2) is 32.7 Å². The number of carbonyl (C=O) groups is 1. The van der Waals surface area contributed by atoms with Gasteiger partial charge in [-0.05, 0) is 38.0 Å². The summed E-state index contributed by atoms with van der Waals surface area (Å²) in [5.41, 5.74) is 6.15. The molecule has 1 aromatic carbocycles. The quantitative estimate of drug-likeness (QED) is 0.656. The molecule has 1 rings (SSSR count). The van der Waals surface area contributed by atoms with Gasteiger partial charge in [-0.1, -0.05) is 12.1 Å². The van der Waals surface area contributed by atoms with Gasteiger partial charge in [0.15, 0.2) is 0 Å². The number of hydrogen-bond acceptors (Lipinski definition) is 4. The molecule has 0 radical (unpaired) electrons. The van der Waals surface area contributed by atoms with Crippen LogP contribution in [0.3, 0.4) is 0 Å². The minimum absolute atomic E-state index is 0.363. The summed E-state index contributed by atoms with van der Waals surface area (Å²) in [6.45, 7) is 3.47. The van der Waals surface area contributed by atoms with Gasteiger partial charge in [-0.2, -0.15) is 0 Å². The summed E-state index contributed by atoms with van der Waals surface area (Å²) in [6.07, 6.45) is 1.68. The summed E-state index contributed by atoms with van der Waals surface area (Å²) < 4.78 is 24.6. The van der Waals surface area contributed by atoms with Crippen LogP contribution in [0.25, 0.3) is 0 Å². The number of nitrogen functional groups attached to an aromatic ring is 1. The molecule has 0 aromatic heterocycles. The average Bonchev–Trinajstić information content (AvgIpc) is 2.28. The average molecular weight is 299 g/mol. The Labute approximate surface area is 119 Å². The molecular weight excluding hydrogens is 278 g/mol. The van der Waals surface area contributed by atoms with Crippen molar-refractivity contribution in [3.05, 3.63) is 29.8 Å². The van der Waals surface area contributed by atoms with Gasteiger partial charge in [0.05, 0.1) is 6.26 Å². The van der Waals surface area contributed by atoms with Crippen LogP contribution >= 0.6 is 0 Å². The van der Waals surface area contributed by atoms with E-state index in [1.807, 2.05) is 12.1 Å². The van der Waals surface area contributed by atoms with E-state index < -0.39 is 15.6 Å². The standard InChI is InChI=1S/C13H21N3O3S/c1-13(2,16-20(3,18)19)12(17)15-9-8-10-4-6-11(14)7-5-10/h4-7,16H,8-9,14H2,1-3H3,(H,15,17). The highest BCUT2D eigenvalue weighted by atomic mass is 32.2. The zero-order valence-corrected chi connectivity index (χ0v) is 12.8. The number of carbonyl (C=O) groups excluding carboxylic acids is 1. The summed E-state index contributed by atoms with van der Waals surface area (Å²) >= 11 is 0. The molecule has 0 bridgehead atoms. The molecule has 0 aliphatic carbocycles. The second-order valence-electron chi connectivity index (χ2n) is 5.25. The second kappa shape index (κ2) is 6.23. The predicted molar refractivity (Wildman–Crippen MR) is 79.6 cm³/mol. The molecule has 6 nitrogen and oxygen atoms in total. The molecule has 0 atom stereocenters. The molecule has 0 heterocycles. The van der Waals surface area contributed by atoms with E-state index in [-0.39, 0.29) is 5.91 Å². The third-order valence-electron chi connectivity index (χ3n) is 2.69. The molecule has 0 fully saturated rings. The summed E-state index contributed by atoms with van der Waals surface area (Å²) in [5, 5.41) is 2.71. The largest absolute Gasteiger partial charge is 0.399 e. The first-order valence-corrected chi connectivity index (χ1v) is 8.11. The van der Waals surface area contributed by atoms with Crippen molar-refractivity contribution in [2.75, 3.05) is 18.5 Å². The summed E-state index contributed by atoms with van der Waals surface area (Å²) in [4.78, 5) is 11.9. The van der Waals surface area contributed by atoms with Crippen molar-refractivity contribution in [3.8, 4) is 0 Å². The number of benzene rings is 1. The van der Waals surface area contributed by atoms with Gasteiger partial charge in [0.2, 0.25) is 15.9 Å². The third kappa shape index (κ3) is 5.58. The summed E-state index contributed by atoms with van der Waals surface area (Å²) in [5.74, 6) is -0.363. The number of nitrogens with two attached hydrogens (primary N) is 1. The lowest BCUT2D eigenvalue weighted by molar-refractivity contribution is -0.125. The lowest BCUT2D eigenvalue weighted by atomic mass is 10.1. The molecule has 0 aliphatic rings. The first kappa shape index (κ1) is 16.5. The minimum atomic E-state index is -3.43. The number of amides is 1. The van der Waals surface area contributed by atoms with E-state index in [9.17, 15) is 13.2 Å². The Bertz CT molecular complexity index is 565. The molecule has 0 saturated heterocycles. The van der Waals surface area contributed by atoms with Crippen LogP contribution in [0.2, 0.25) is 0 Å². The zero-order valence-electron chi connectivity index (χ0n) is 11.9. The molecule has 4 N–H and O–H groups in total. The van der Waals surface area contributed by atoms with Gasteiger partial charge in [0, 0.05) is 12.2 Å². The maximum atomic E-state index is 11.9. The normalized spacial score (nSPS) is 12.2. The SMILES string of the molecule is CC(C)(NS(C)(=O)=O)C(=O)NCCc1ccc(N)cc1. The molecule has 1 amide bonds. The minimum Gasteiger partial charge on any atom is -0.399 e. The highest BCUT2D eigenvalue weighted by molar-refractivity contribution is 7.88. The van der Waals surface area contributed by atoms with Crippen LogP contribution in [0.15, 0.2) is 24.3 Å². The monoisotopic (exact) mass is 299 g/mol. The molecule has 1 aromatic rings. The molecule has 20 heavy (non-hydrogen) atoms. The molecule has 0 unspecified atom stereocenters. The lowest BCUT2D eigenvalue weighted by Crippen LogP contribution is -2.54. The smallest absolute Gasteiger partial charge is 0.240 e. The van der Waals surface area contributed by atoms with Crippen molar-refractivity contribution in [1.82, 2.24) is 10.0 Å². The maximum absolute atomic E-state index is 11.9.